The van der Waals surface area contributed by atoms with Crippen molar-refractivity contribution in [3.8, 4) is 5.75 Å². The van der Waals surface area contributed by atoms with Crippen LogP contribution in [0.2, 0.25) is 0 Å². The van der Waals surface area contributed by atoms with Crippen LogP contribution in [0.25, 0.3) is 0 Å². The average molecular weight is 234 g/mol. The van der Waals surface area contributed by atoms with Crippen molar-refractivity contribution in [2.24, 2.45) is 0 Å². The van der Waals surface area contributed by atoms with Gasteiger partial charge in [-0.3, -0.25) is 4.98 Å². The first-order chi connectivity index (χ1) is 8.24. The predicted molar refractivity (Wildman–Crippen MR) is 71.2 cm³/mol. The Hall–Kier alpha value is -1.35. The number of rotatable bonds is 8. The molecule has 0 unspecified atom stereocenters. The largest absolute Gasteiger partial charge is 0.493 e. The third-order valence-electron chi connectivity index (χ3n) is 2.39. The lowest BCUT2D eigenvalue weighted by Crippen LogP contribution is -2.15. The molecule has 3 nitrogen and oxygen atoms in total. The molecule has 1 heterocycles. The molecule has 0 saturated carbocycles. The molecule has 0 amide bonds. The van der Waals surface area contributed by atoms with E-state index in [9.17, 15) is 0 Å². The number of hydrogen-bond donors (Lipinski definition) is 1. The lowest BCUT2D eigenvalue weighted by Gasteiger charge is -2.11. The average Bonchev–Trinajstić information content (AvgIpc) is 2.31. The van der Waals surface area contributed by atoms with E-state index < -0.39 is 0 Å². The zero-order valence-corrected chi connectivity index (χ0v) is 10.8. The minimum Gasteiger partial charge on any atom is -0.493 e. The van der Waals surface area contributed by atoms with Crippen molar-refractivity contribution >= 4 is 0 Å². The molecule has 3 heteroatoms. The predicted octanol–water partition coefficient (Wildman–Crippen LogP) is 2.93. The third kappa shape index (κ3) is 5.50. The van der Waals surface area contributed by atoms with Gasteiger partial charge in [-0.2, -0.15) is 0 Å². The Morgan fingerprint density at radius 2 is 2.35 bits per heavy atom. The normalized spacial score (nSPS) is 10.2. The van der Waals surface area contributed by atoms with Gasteiger partial charge < -0.3 is 10.1 Å². The van der Waals surface area contributed by atoms with Crippen molar-refractivity contribution in [2.45, 2.75) is 33.2 Å². The zero-order valence-electron chi connectivity index (χ0n) is 10.8. The smallest absolute Gasteiger partial charge is 0.126 e. The van der Waals surface area contributed by atoms with E-state index >= 15 is 0 Å². The molecule has 0 aliphatic rings. The second-order valence-corrected chi connectivity index (χ2v) is 4.22. The van der Waals surface area contributed by atoms with E-state index in [1.165, 1.54) is 0 Å². The van der Waals surface area contributed by atoms with E-state index in [0.717, 1.165) is 42.8 Å². The topological polar surface area (TPSA) is 34.1 Å². The summed E-state index contributed by atoms with van der Waals surface area (Å²) in [6, 6.07) is 1.92. The van der Waals surface area contributed by atoms with Crippen molar-refractivity contribution in [3.63, 3.8) is 0 Å². The van der Waals surface area contributed by atoms with Crippen LogP contribution in [0.3, 0.4) is 0 Å². The number of nitrogens with one attached hydrogen (secondary N) is 1. The molecular formula is C14H22N2O. The van der Waals surface area contributed by atoms with E-state index in [2.05, 4.69) is 23.8 Å². The summed E-state index contributed by atoms with van der Waals surface area (Å²) >= 11 is 0. The quantitative estimate of drug-likeness (QED) is 0.554. The molecule has 1 N–H and O–H groups in total. The van der Waals surface area contributed by atoms with Gasteiger partial charge in [0.05, 0.1) is 6.61 Å². The number of ether oxygens (including phenoxy) is 1. The fourth-order valence-corrected chi connectivity index (χ4v) is 1.42. The SMILES string of the molecule is C=C(C)CCOc1ccncc1CNCCC. The van der Waals surface area contributed by atoms with Crippen LogP contribution in [0.4, 0.5) is 0 Å². The summed E-state index contributed by atoms with van der Waals surface area (Å²) in [5, 5.41) is 3.35. The second-order valence-electron chi connectivity index (χ2n) is 4.22. The van der Waals surface area contributed by atoms with E-state index in [1.54, 1.807) is 6.20 Å². The summed E-state index contributed by atoms with van der Waals surface area (Å²) < 4.78 is 5.74. The molecule has 0 aliphatic carbocycles. The second kappa shape index (κ2) is 7.85. The monoisotopic (exact) mass is 234 g/mol. The van der Waals surface area contributed by atoms with Crippen LogP contribution in [0.1, 0.15) is 32.3 Å². The number of aromatic nitrogens is 1. The maximum absolute atomic E-state index is 5.74. The molecule has 1 aromatic rings. The lowest BCUT2D eigenvalue weighted by molar-refractivity contribution is 0.317. The molecule has 0 fully saturated rings. The molecule has 0 atom stereocenters. The van der Waals surface area contributed by atoms with E-state index in [4.69, 9.17) is 4.74 Å². The zero-order chi connectivity index (χ0) is 12.5. The summed E-state index contributed by atoms with van der Waals surface area (Å²) in [7, 11) is 0. The first-order valence-corrected chi connectivity index (χ1v) is 6.14. The van der Waals surface area contributed by atoms with E-state index in [-0.39, 0.29) is 0 Å². The number of pyridine rings is 1. The molecule has 17 heavy (non-hydrogen) atoms. The molecule has 1 rings (SSSR count). The van der Waals surface area contributed by atoms with Gasteiger partial charge in [-0.25, -0.2) is 0 Å². The van der Waals surface area contributed by atoms with Crippen LogP contribution in [0.15, 0.2) is 30.6 Å². The molecule has 0 aromatic carbocycles. The fraction of sp³-hybridized carbons (Fsp3) is 0.500. The molecule has 0 aliphatic heterocycles. The van der Waals surface area contributed by atoms with Gasteiger partial charge in [0.15, 0.2) is 0 Å². The Morgan fingerprint density at radius 3 is 3.06 bits per heavy atom. The molecule has 0 radical (unpaired) electrons. The van der Waals surface area contributed by atoms with Crippen molar-refractivity contribution in [1.29, 1.82) is 0 Å². The Kier molecular flexibility index (Phi) is 6.33. The van der Waals surface area contributed by atoms with E-state index in [1.807, 2.05) is 19.2 Å². The van der Waals surface area contributed by atoms with E-state index in [0.29, 0.717) is 6.61 Å². The summed E-state index contributed by atoms with van der Waals surface area (Å²) in [6.07, 6.45) is 5.65. The standard InChI is InChI=1S/C14H22N2O/c1-4-7-15-10-13-11-16-8-5-14(13)17-9-6-12(2)3/h5,8,11,15H,2,4,6-7,9-10H2,1,3H3. The fourth-order valence-electron chi connectivity index (χ4n) is 1.42. The minimum absolute atomic E-state index is 0.681. The highest BCUT2D eigenvalue weighted by atomic mass is 16.5. The van der Waals surface area contributed by atoms with Gasteiger partial charge >= 0.3 is 0 Å². The van der Waals surface area contributed by atoms with Crippen LogP contribution in [0.5, 0.6) is 5.75 Å². The Morgan fingerprint density at radius 1 is 1.53 bits per heavy atom. The summed E-state index contributed by atoms with van der Waals surface area (Å²) in [4.78, 5) is 4.13. The van der Waals surface area contributed by atoms with Crippen LogP contribution in [-0.2, 0) is 6.54 Å². The van der Waals surface area contributed by atoms with Crippen LogP contribution >= 0.6 is 0 Å². The first kappa shape index (κ1) is 13.7. The number of nitrogens with zero attached hydrogens (tertiary/aromatic N) is 1. The summed E-state index contributed by atoms with van der Waals surface area (Å²) in [5.74, 6) is 0.921. The third-order valence-corrected chi connectivity index (χ3v) is 2.39. The van der Waals surface area contributed by atoms with Gasteiger partial charge in [0.2, 0.25) is 0 Å². The van der Waals surface area contributed by atoms with Gasteiger partial charge in [0.1, 0.15) is 5.75 Å². The van der Waals surface area contributed by atoms with Crippen LogP contribution in [0, 0.1) is 0 Å². The van der Waals surface area contributed by atoms with Crippen molar-refractivity contribution in [3.05, 3.63) is 36.2 Å². The maximum atomic E-state index is 5.74. The van der Waals surface area contributed by atoms with Crippen LogP contribution < -0.4 is 10.1 Å². The summed E-state index contributed by atoms with van der Waals surface area (Å²) in [6.45, 7) is 10.5. The van der Waals surface area contributed by atoms with Crippen molar-refractivity contribution in [1.82, 2.24) is 10.3 Å². The van der Waals surface area contributed by atoms with Gasteiger partial charge in [-0.1, -0.05) is 12.5 Å². The maximum Gasteiger partial charge on any atom is 0.126 e. The Bertz CT molecular complexity index is 350. The van der Waals surface area contributed by atoms with Gasteiger partial charge in [-0.05, 0) is 26.0 Å². The molecular weight excluding hydrogens is 212 g/mol. The first-order valence-electron chi connectivity index (χ1n) is 6.14. The van der Waals surface area contributed by atoms with Gasteiger partial charge in [0, 0.05) is 30.9 Å². The highest BCUT2D eigenvalue weighted by Crippen LogP contribution is 2.16. The highest BCUT2D eigenvalue weighted by Gasteiger charge is 2.02. The van der Waals surface area contributed by atoms with Gasteiger partial charge in [0.25, 0.3) is 0 Å². The van der Waals surface area contributed by atoms with Crippen molar-refractivity contribution < 1.29 is 4.74 Å². The molecule has 94 valence electrons. The summed E-state index contributed by atoms with van der Waals surface area (Å²) in [5.41, 5.74) is 2.26. The molecule has 1 aromatic heterocycles. The van der Waals surface area contributed by atoms with Crippen LogP contribution in [-0.4, -0.2) is 18.1 Å². The molecule has 0 saturated heterocycles. The number of hydrogen-bond acceptors (Lipinski definition) is 3. The van der Waals surface area contributed by atoms with Gasteiger partial charge in [-0.15, -0.1) is 6.58 Å². The molecule has 0 bridgehead atoms. The Labute approximate surface area is 104 Å². The molecule has 0 spiro atoms. The highest BCUT2D eigenvalue weighted by molar-refractivity contribution is 5.29. The minimum atomic E-state index is 0.681. The Balaban J connectivity index is 2.48. The lowest BCUT2D eigenvalue weighted by atomic mass is 10.2. The van der Waals surface area contributed by atoms with Crippen molar-refractivity contribution in [2.75, 3.05) is 13.2 Å².